The molecule has 2 aromatic heterocycles. The van der Waals surface area contributed by atoms with E-state index in [1.807, 2.05) is 36.5 Å². The summed E-state index contributed by atoms with van der Waals surface area (Å²) in [5, 5.41) is 7.66. The van der Waals surface area contributed by atoms with Crippen LogP contribution in [0.15, 0.2) is 42.9 Å². The fourth-order valence-electron chi connectivity index (χ4n) is 3.73. The van der Waals surface area contributed by atoms with Gasteiger partial charge in [-0.2, -0.15) is 5.10 Å². The van der Waals surface area contributed by atoms with Crippen LogP contribution in [0.5, 0.6) is 5.75 Å². The molecule has 1 aromatic carbocycles. The number of likely N-dealkylation sites (tertiary alicyclic amines) is 1. The van der Waals surface area contributed by atoms with Crippen LogP contribution in [0.25, 0.3) is 5.52 Å². The summed E-state index contributed by atoms with van der Waals surface area (Å²) < 4.78 is 12.3. The van der Waals surface area contributed by atoms with Crippen molar-refractivity contribution in [1.82, 2.24) is 19.5 Å². The predicted octanol–water partition coefficient (Wildman–Crippen LogP) is 1.48. The number of fused-ring (bicyclic) bond motifs is 1. The van der Waals surface area contributed by atoms with Crippen molar-refractivity contribution in [2.75, 3.05) is 25.5 Å². The fourth-order valence-corrected chi connectivity index (χ4v) is 3.73. The van der Waals surface area contributed by atoms with Gasteiger partial charge in [0.15, 0.2) is 5.82 Å². The number of piperidine rings is 1. The molecule has 2 atom stereocenters. The molecule has 0 saturated carbocycles. The maximum absolute atomic E-state index is 11.2. The summed E-state index contributed by atoms with van der Waals surface area (Å²) in [6, 6.07) is 9.44. The van der Waals surface area contributed by atoms with E-state index in [0.29, 0.717) is 18.9 Å². The van der Waals surface area contributed by atoms with Crippen LogP contribution in [0.2, 0.25) is 0 Å². The lowest BCUT2D eigenvalue weighted by atomic mass is 10.0. The van der Waals surface area contributed by atoms with Crippen LogP contribution in [0, 0.1) is 0 Å². The van der Waals surface area contributed by atoms with Crippen LogP contribution < -0.4 is 21.5 Å². The number of primary amides is 1. The third kappa shape index (κ3) is 4.29. The number of aromatic nitrogens is 3. The highest BCUT2D eigenvalue weighted by atomic mass is 16.6. The molecule has 1 aliphatic rings. The number of hydrogen-bond acceptors (Lipinski definition) is 8. The summed E-state index contributed by atoms with van der Waals surface area (Å²) in [5.74, 6) is 1.45. The van der Waals surface area contributed by atoms with Crippen molar-refractivity contribution >= 4 is 23.1 Å². The topological polar surface area (TPSA) is 133 Å². The van der Waals surface area contributed by atoms with E-state index in [9.17, 15) is 4.79 Å². The van der Waals surface area contributed by atoms with Gasteiger partial charge >= 0.3 is 6.09 Å². The first-order chi connectivity index (χ1) is 14.5. The zero-order valence-electron chi connectivity index (χ0n) is 16.7. The Morgan fingerprint density at radius 1 is 1.37 bits per heavy atom. The first kappa shape index (κ1) is 19.9. The molecule has 1 saturated heterocycles. The number of benzene rings is 1. The molecule has 5 N–H and O–H groups in total. The molecule has 3 heterocycles. The number of anilines is 2. The van der Waals surface area contributed by atoms with E-state index in [0.717, 1.165) is 35.5 Å². The van der Waals surface area contributed by atoms with E-state index in [1.54, 1.807) is 11.6 Å². The maximum Gasteiger partial charge on any atom is 0.404 e. The van der Waals surface area contributed by atoms with E-state index in [2.05, 4.69) is 20.3 Å². The number of nitrogens with one attached hydrogen (secondary N) is 1. The zero-order chi connectivity index (χ0) is 21.1. The monoisotopic (exact) mass is 411 g/mol. The lowest BCUT2D eigenvalue weighted by Gasteiger charge is -2.35. The molecule has 1 fully saturated rings. The van der Waals surface area contributed by atoms with Gasteiger partial charge in [-0.1, -0.05) is 6.07 Å². The zero-order valence-corrected chi connectivity index (χ0v) is 16.7. The number of ether oxygens (including phenoxy) is 2. The second-order valence-corrected chi connectivity index (χ2v) is 7.26. The number of carbonyl (C=O) groups is 1. The number of rotatable bonds is 6. The van der Waals surface area contributed by atoms with Crippen LogP contribution in [0.3, 0.4) is 0 Å². The van der Waals surface area contributed by atoms with Gasteiger partial charge in [0, 0.05) is 43.6 Å². The first-order valence-corrected chi connectivity index (χ1v) is 9.70. The highest BCUT2D eigenvalue weighted by molar-refractivity contribution is 5.76. The van der Waals surface area contributed by atoms with Gasteiger partial charge in [-0.25, -0.2) is 14.3 Å². The van der Waals surface area contributed by atoms with Gasteiger partial charge in [-0.15, -0.1) is 0 Å². The minimum Gasteiger partial charge on any atom is -0.497 e. The number of hydrogen-bond donors (Lipinski definition) is 3. The molecule has 1 unspecified atom stereocenters. The molecule has 0 bridgehead atoms. The van der Waals surface area contributed by atoms with Crippen molar-refractivity contribution in [3.8, 4) is 5.75 Å². The highest BCUT2D eigenvalue weighted by Crippen LogP contribution is 2.26. The van der Waals surface area contributed by atoms with Gasteiger partial charge in [0.2, 0.25) is 0 Å². The number of carbonyl (C=O) groups excluding carboxylic acids is 1. The van der Waals surface area contributed by atoms with Gasteiger partial charge in [0.25, 0.3) is 0 Å². The van der Waals surface area contributed by atoms with E-state index >= 15 is 0 Å². The summed E-state index contributed by atoms with van der Waals surface area (Å²) >= 11 is 0. The molecule has 4 rings (SSSR count). The molecule has 10 heteroatoms. The average molecular weight is 411 g/mol. The molecule has 158 valence electrons. The van der Waals surface area contributed by atoms with Crippen molar-refractivity contribution in [2.24, 2.45) is 11.5 Å². The summed E-state index contributed by atoms with van der Waals surface area (Å²) in [4.78, 5) is 17.8. The van der Waals surface area contributed by atoms with Crippen molar-refractivity contribution in [1.29, 1.82) is 0 Å². The lowest BCUT2D eigenvalue weighted by molar-refractivity contribution is 0.0313. The van der Waals surface area contributed by atoms with Crippen molar-refractivity contribution in [3.63, 3.8) is 0 Å². The minimum atomic E-state index is -0.801. The van der Waals surface area contributed by atoms with Crippen LogP contribution in [-0.4, -0.2) is 57.9 Å². The molecule has 0 spiro atoms. The molecule has 1 amide bonds. The van der Waals surface area contributed by atoms with Crippen LogP contribution in [0.4, 0.5) is 16.3 Å². The van der Waals surface area contributed by atoms with Crippen LogP contribution in [0.1, 0.15) is 12.0 Å². The second kappa shape index (κ2) is 8.56. The SMILES string of the molecule is COc1cccc(Nc2ncnn3ccc(CN4CC[C@@H](N)C(OC(N)=O)C4)c23)c1. The Hall–Kier alpha value is -3.37. The molecule has 0 aliphatic carbocycles. The third-order valence-electron chi connectivity index (χ3n) is 5.23. The Labute approximate surface area is 173 Å². The maximum atomic E-state index is 11.2. The number of nitrogens with two attached hydrogens (primary N) is 2. The Bertz CT molecular complexity index is 1040. The Morgan fingerprint density at radius 2 is 2.23 bits per heavy atom. The molecule has 30 heavy (non-hydrogen) atoms. The highest BCUT2D eigenvalue weighted by Gasteiger charge is 2.29. The van der Waals surface area contributed by atoms with Gasteiger partial charge in [-0.05, 0) is 30.2 Å². The van der Waals surface area contributed by atoms with Crippen molar-refractivity contribution in [2.45, 2.75) is 25.1 Å². The number of methoxy groups -OCH3 is 1. The summed E-state index contributed by atoms with van der Waals surface area (Å²) in [6.07, 6.45) is 2.90. The molecule has 1 aliphatic heterocycles. The van der Waals surface area contributed by atoms with Crippen LogP contribution in [-0.2, 0) is 11.3 Å². The summed E-state index contributed by atoms with van der Waals surface area (Å²) in [5.41, 5.74) is 14.1. The fraction of sp³-hybridized carbons (Fsp3) is 0.350. The summed E-state index contributed by atoms with van der Waals surface area (Å²) in [6.45, 7) is 1.96. The van der Waals surface area contributed by atoms with E-state index in [-0.39, 0.29) is 6.04 Å². The predicted molar refractivity (Wildman–Crippen MR) is 112 cm³/mol. The average Bonchev–Trinajstić information content (AvgIpc) is 3.14. The number of amides is 1. The third-order valence-corrected chi connectivity index (χ3v) is 5.23. The van der Waals surface area contributed by atoms with Gasteiger partial charge in [0.05, 0.1) is 7.11 Å². The van der Waals surface area contributed by atoms with Crippen molar-refractivity contribution in [3.05, 3.63) is 48.4 Å². The molecule has 3 aromatic rings. The lowest BCUT2D eigenvalue weighted by Crippen LogP contribution is -2.52. The first-order valence-electron chi connectivity index (χ1n) is 9.70. The largest absolute Gasteiger partial charge is 0.497 e. The minimum absolute atomic E-state index is 0.215. The Morgan fingerprint density at radius 3 is 3.03 bits per heavy atom. The van der Waals surface area contributed by atoms with Gasteiger partial charge in [-0.3, -0.25) is 4.90 Å². The Kier molecular flexibility index (Phi) is 5.68. The van der Waals surface area contributed by atoms with Gasteiger partial charge in [0.1, 0.15) is 23.7 Å². The normalized spacial score (nSPS) is 19.5. The quantitative estimate of drug-likeness (QED) is 0.555. The summed E-state index contributed by atoms with van der Waals surface area (Å²) in [7, 11) is 1.63. The van der Waals surface area contributed by atoms with Gasteiger partial charge < -0.3 is 26.3 Å². The molecular weight excluding hydrogens is 386 g/mol. The van der Waals surface area contributed by atoms with E-state index in [1.165, 1.54) is 6.33 Å². The standard InChI is InChI=1S/C20H25N7O3/c1-29-15-4-2-3-14(9-15)25-19-18-13(5-8-27(18)24-12-23-19)10-26-7-6-16(21)17(11-26)30-20(22)28/h2-5,8-9,12,16-17H,6-7,10-11,21H2,1H3,(H2,22,28)(H,23,24,25)/t16-,17?/m1/s1. The van der Waals surface area contributed by atoms with Crippen molar-refractivity contribution < 1.29 is 14.3 Å². The smallest absolute Gasteiger partial charge is 0.404 e. The number of nitrogens with zero attached hydrogens (tertiary/aromatic N) is 4. The molecule has 0 radical (unpaired) electrons. The Balaban J connectivity index is 1.57. The second-order valence-electron chi connectivity index (χ2n) is 7.26. The van der Waals surface area contributed by atoms with Crippen LogP contribution >= 0.6 is 0 Å². The molecular formula is C20H25N7O3. The van der Waals surface area contributed by atoms with E-state index < -0.39 is 12.2 Å². The molecule has 10 nitrogen and oxygen atoms in total. The van der Waals surface area contributed by atoms with E-state index in [4.69, 9.17) is 20.9 Å².